The molecule has 7 nitrogen and oxygen atoms in total. The summed E-state index contributed by atoms with van der Waals surface area (Å²) in [5, 5.41) is 11.2. The first kappa shape index (κ1) is 21.0. The minimum atomic E-state index is -4.55. The van der Waals surface area contributed by atoms with Gasteiger partial charge in [-0.1, -0.05) is 18.2 Å². The molecular formula is C18H18F3N3O4. The van der Waals surface area contributed by atoms with Gasteiger partial charge in [-0.3, -0.25) is 4.79 Å². The Kier molecular flexibility index (Phi) is 6.80. The number of halogens is 3. The molecule has 0 saturated heterocycles. The number of carboxylic acids is 1. The second-order valence-electron chi connectivity index (χ2n) is 5.82. The Hall–Kier alpha value is -3.30. The van der Waals surface area contributed by atoms with Crippen LogP contribution in [0, 0.1) is 0 Å². The van der Waals surface area contributed by atoms with Crippen LogP contribution in [0.25, 0.3) is 0 Å². The third-order valence-electron chi connectivity index (χ3n) is 3.66. The maximum atomic E-state index is 13.0. The van der Waals surface area contributed by atoms with Crippen LogP contribution in [0.15, 0.2) is 42.6 Å². The molecule has 150 valence electrons. The van der Waals surface area contributed by atoms with Crippen LogP contribution in [0.4, 0.5) is 18.0 Å². The van der Waals surface area contributed by atoms with Gasteiger partial charge in [0.05, 0.1) is 12.0 Å². The van der Waals surface area contributed by atoms with Gasteiger partial charge in [-0.2, -0.15) is 13.2 Å². The van der Waals surface area contributed by atoms with Crippen molar-refractivity contribution in [3.8, 4) is 11.6 Å². The van der Waals surface area contributed by atoms with Gasteiger partial charge < -0.3 is 20.1 Å². The van der Waals surface area contributed by atoms with E-state index in [0.717, 1.165) is 6.07 Å². The van der Waals surface area contributed by atoms with Crippen LogP contribution >= 0.6 is 0 Å². The van der Waals surface area contributed by atoms with E-state index in [-0.39, 0.29) is 31.1 Å². The Balaban J connectivity index is 1.94. The van der Waals surface area contributed by atoms with Crippen molar-refractivity contribution in [2.45, 2.75) is 19.1 Å². The molecule has 2 amide bonds. The van der Waals surface area contributed by atoms with E-state index in [9.17, 15) is 22.8 Å². The number of carbonyl (C=O) groups excluding carboxylic acids is 1. The number of benzene rings is 1. The highest BCUT2D eigenvalue weighted by molar-refractivity contribution is 5.75. The number of aliphatic carboxylic acids is 1. The van der Waals surface area contributed by atoms with Crippen molar-refractivity contribution >= 4 is 12.0 Å². The number of nitrogens with zero attached hydrogens (tertiary/aromatic N) is 2. The van der Waals surface area contributed by atoms with Crippen LogP contribution in [-0.2, 0) is 17.5 Å². The molecule has 0 aliphatic heterocycles. The second kappa shape index (κ2) is 9.07. The van der Waals surface area contributed by atoms with Crippen molar-refractivity contribution in [2.24, 2.45) is 0 Å². The zero-order valence-electron chi connectivity index (χ0n) is 14.9. The fourth-order valence-corrected chi connectivity index (χ4v) is 2.16. The number of rotatable bonds is 7. The molecule has 0 spiro atoms. The van der Waals surface area contributed by atoms with Crippen molar-refractivity contribution in [1.82, 2.24) is 15.2 Å². The highest BCUT2D eigenvalue weighted by Gasteiger charge is 2.34. The third-order valence-corrected chi connectivity index (χ3v) is 3.66. The molecular weight excluding hydrogens is 379 g/mol. The number of aromatic nitrogens is 1. The highest BCUT2D eigenvalue weighted by Crippen LogP contribution is 2.37. The molecule has 2 N–H and O–H groups in total. The van der Waals surface area contributed by atoms with Crippen LogP contribution in [0.1, 0.15) is 17.5 Å². The van der Waals surface area contributed by atoms with Gasteiger partial charge in [-0.05, 0) is 17.7 Å². The molecule has 0 aliphatic rings. The molecule has 0 aliphatic carbocycles. The van der Waals surface area contributed by atoms with Gasteiger partial charge in [-0.15, -0.1) is 0 Å². The maximum absolute atomic E-state index is 13.0. The summed E-state index contributed by atoms with van der Waals surface area (Å²) in [4.78, 5) is 27.5. The van der Waals surface area contributed by atoms with Gasteiger partial charge in [0, 0.05) is 32.4 Å². The van der Waals surface area contributed by atoms with Gasteiger partial charge >= 0.3 is 18.2 Å². The lowest BCUT2D eigenvalue weighted by Gasteiger charge is -2.17. The molecule has 10 heteroatoms. The molecule has 0 bridgehead atoms. The molecule has 28 heavy (non-hydrogen) atoms. The number of hydrogen-bond acceptors (Lipinski definition) is 4. The summed E-state index contributed by atoms with van der Waals surface area (Å²) >= 11 is 0. The summed E-state index contributed by atoms with van der Waals surface area (Å²) in [6.45, 7) is 0.174. The number of ether oxygens (including phenoxy) is 1. The van der Waals surface area contributed by atoms with Crippen molar-refractivity contribution in [1.29, 1.82) is 0 Å². The molecule has 0 unspecified atom stereocenters. The van der Waals surface area contributed by atoms with Gasteiger partial charge in [0.15, 0.2) is 0 Å². The van der Waals surface area contributed by atoms with Crippen LogP contribution in [0.5, 0.6) is 11.6 Å². The molecule has 0 fully saturated rings. The Morgan fingerprint density at radius 1 is 1.21 bits per heavy atom. The quantitative estimate of drug-likeness (QED) is 0.746. The average Bonchev–Trinajstić information content (AvgIpc) is 2.64. The van der Waals surface area contributed by atoms with Crippen molar-refractivity contribution in [2.75, 3.05) is 13.6 Å². The predicted octanol–water partition coefficient (Wildman–Crippen LogP) is 3.51. The van der Waals surface area contributed by atoms with Crippen LogP contribution < -0.4 is 10.1 Å². The first-order valence-electron chi connectivity index (χ1n) is 8.16. The number of nitrogens with one attached hydrogen (secondary N) is 1. The van der Waals surface area contributed by atoms with Crippen molar-refractivity contribution in [3.63, 3.8) is 0 Å². The van der Waals surface area contributed by atoms with E-state index in [1.807, 2.05) is 0 Å². The number of amides is 2. The van der Waals surface area contributed by atoms with E-state index in [4.69, 9.17) is 9.84 Å². The lowest BCUT2D eigenvalue weighted by molar-refractivity contribution is -0.139. The Morgan fingerprint density at radius 3 is 2.54 bits per heavy atom. The third kappa shape index (κ3) is 6.15. The van der Waals surface area contributed by atoms with E-state index in [2.05, 4.69) is 10.3 Å². The fraction of sp³-hybridized carbons (Fsp3) is 0.278. The monoisotopic (exact) mass is 397 g/mol. The second-order valence-corrected chi connectivity index (χ2v) is 5.82. The molecule has 0 radical (unpaired) electrons. The molecule has 0 atom stereocenters. The Labute approximate surface area is 158 Å². The lowest BCUT2D eigenvalue weighted by Crippen LogP contribution is -2.37. The van der Waals surface area contributed by atoms with Crippen molar-refractivity contribution < 1.29 is 32.6 Å². The first-order valence-corrected chi connectivity index (χ1v) is 8.16. The molecule has 0 saturated carbocycles. The largest absolute Gasteiger partial charge is 0.481 e. The van der Waals surface area contributed by atoms with E-state index in [1.165, 1.54) is 42.4 Å². The van der Waals surface area contributed by atoms with E-state index in [1.54, 1.807) is 6.07 Å². The highest BCUT2D eigenvalue weighted by atomic mass is 19.4. The average molecular weight is 397 g/mol. The number of pyridine rings is 1. The number of carbonyl (C=O) groups is 2. The summed E-state index contributed by atoms with van der Waals surface area (Å²) in [6.07, 6.45) is -3.35. The smallest absolute Gasteiger partial charge is 0.419 e. The van der Waals surface area contributed by atoms with Crippen LogP contribution in [-0.4, -0.2) is 40.6 Å². The van der Waals surface area contributed by atoms with Gasteiger partial charge in [0.1, 0.15) is 5.75 Å². The zero-order chi connectivity index (χ0) is 20.7. The first-order chi connectivity index (χ1) is 13.2. The molecule has 1 heterocycles. The topological polar surface area (TPSA) is 91.8 Å². The van der Waals surface area contributed by atoms with E-state index >= 15 is 0 Å². The number of urea groups is 1. The summed E-state index contributed by atoms with van der Waals surface area (Å²) in [6, 6.07) is 7.29. The summed E-state index contributed by atoms with van der Waals surface area (Å²) in [5.74, 6) is -1.39. The molecule has 2 rings (SSSR count). The summed E-state index contributed by atoms with van der Waals surface area (Å²) in [5.41, 5.74) is -0.311. The summed E-state index contributed by atoms with van der Waals surface area (Å²) < 4.78 is 44.2. The van der Waals surface area contributed by atoms with E-state index in [0.29, 0.717) is 5.56 Å². The normalized spacial score (nSPS) is 11.0. The number of hydrogen-bond donors (Lipinski definition) is 2. The van der Waals surface area contributed by atoms with Gasteiger partial charge in [0.25, 0.3) is 0 Å². The van der Waals surface area contributed by atoms with Crippen LogP contribution in [0.3, 0.4) is 0 Å². The Morgan fingerprint density at radius 2 is 1.93 bits per heavy atom. The van der Waals surface area contributed by atoms with E-state index < -0.39 is 23.7 Å². The number of carboxylic acid groups (broad SMARTS) is 1. The minimum Gasteiger partial charge on any atom is -0.481 e. The lowest BCUT2D eigenvalue weighted by atomic mass is 10.2. The molecule has 2 aromatic rings. The molecule has 1 aromatic heterocycles. The van der Waals surface area contributed by atoms with Crippen LogP contribution in [0.2, 0.25) is 0 Å². The summed E-state index contributed by atoms with van der Waals surface area (Å²) in [7, 11) is 1.46. The fourth-order valence-electron chi connectivity index (χ4n) is 2.16. The zero-order valence-corrected chi connectivity index (χ0v) is 14.9. The molecule has 1 aromatic carbocycles. The SMILES string of the molecule is CN(CCC(=O)O)C(=O)NCc1ccc(Oc2ccccc2C(F)(F)F)nc1. The predicted molar refractivity (Wildman–Crippen MR) is 92.9 cm³/mol. The van der Waals surface area contributed by atoms with Gasteiger partial charge in [0.2, 0.25) is 5.88 Å². The van der Waals surface area contributed by atoms with Gasteiger partial charge in [-0.25, -0.2) is 9.78 Å². The maximum Gasteiger partial charge on any atom is 0.419 e. The number of para-hydroxylation sites is 1. The number of alkyl halides is 3. The minimum absolute atomic E-state index is 0.0228. The standard InChI is InChI=1S/C18H18F3N3O4/c1-24(9-8-16(25)26)17(27)23-11-12-6-7-15(22-10-12)28-14-5-3-2-4-13(14)18(19,20)21/h2-7,10H,8-9,11H2,1H3,(H,23,27)(H,25,26). The Bertz CT molecular complexity index is 826. The van der Waals surface area contributed by atoms with Crippen molar-refractivity contribution in [3.05, 3.63) is 53.7 Å².